The molecule has 0 spiro atoms. The summed E-state index contributed by atoms with van der Waals surface area (Å²) in [5, 5.41) is 3.53. The Labute approximate surface area is 127 Å². The SMILES string of the molecule is Brc1cccnc1NC1CCCN(c2cccnc2)C1. The van der Waals surface area contributed by atoms with Crippen LogP contribution in [0.1, 0.15) is 12.8 Å². The molecule has 1 aliphatic heterocycles. The third kappa shape index (κ3) is 3.10. The second kappa shape index (κ2) is 6.22. The fourth-order valence-electron chi connectivity index (χ4n) is 2.56. The molecule has 0 bridgehead atoms. The van der Waals surface area contributed by atoms with Crippen molar-refractivity contribution in [2.75, 3.05) is 23.3 Å². The lowest BCUT2D eigenvalue weighted by atomic mass is 10.1. The topological polar surface area (TPSA) is 41.1 Å². The van der Waals surface area contributed by atoms with Crippen LogP contribution in [0, 0.1) is 0 Å². The number of aromatic nitrogens is 2. The highest BCUT2D eigenvalue weighted by atomic mass is 79.9. The van der Waals surface area contributed by atoms with Crippen LogP contribution in [0.15, 0.2) is 47.3 Å². The highest BCUT2D eigenvalue weighted by molar-refractivity contribution is 9.10. The Hall–Kier alpha value is -1.62. The van der Waals surface area contributed by atoms with Crippen molar-refractivity contribution in [2.24, 2.45) is 0 Å². The summed E-state index contributed by atoms with van der Waals surface area (Å²) in [5.41, 5.74) is 1.19. The lowest BCUT2D eigenvalue weighted by Crippen LogP contribution is -2.42. The molecule has 3 rings (SSSR count). The largest absolute Gasteiger partial charge is 0.368 e. The average Bonchev–Trinajstić information content (AvgIpc) is 2.51. The molecule has 5 heteroatoms. The Morgan fingerprint density at radius 3 is 2.95 bits per heavy atom. The van der Waals surface area contributed by atoms with E-state index in [0.29, 0.717) is 6.04 Å². The minimum absolute atomic E-state index is 0.412. The number of hydrogen-bond acceptors (Lipinski definition) is 4. The van der Waals surface area contributed by atoms with E-state index in [4.69, 9.17) is 0 Å². The molecule has 3 heterocycles. The summed E-state index contributed by atoms with van der Waals surface area (Å²) in [6.45, 7) is 2.07. The number of halogens is 1. The predicted molar refractivity (Wildman–Crippen MR) is 85.0 cm³/mol. The van der Waals surface area contributed by atoms with E-state index in [-0.39, 0.29) is 0 Å². The van der Waals surface area contributed by atoms with Gasteiger partial charge in [-0.05, 0) is 53.0 Å². The van der Waals surface area contributed by atoms with Gasteiger partial charge in [-0.1, -0.05) is 0 Å². The van der Waals surface area contributed by atoms with Crippen molar-refractivity contribution < 1.29 is 0 Å². The van der Waals surface area contributed by atoms with Crippen LogP contribution < -0.4 is 10.2 Å². The first-order valence-corrected chi connectivity index (χ1v) is 7.64. The molecule has 1 unspecified atom stereocenters. The first-order chi connectivity index (χ1) is 9.83. The average molecular weight is 333 g/mol. The molecule has 1 saturated heterocycles. The number of piperidine rings is 1. The highest BCUT2D eigenvalue weighted by Gasteiger charge is 2.20. The molecule has 20 heavy (non-hydrogen) atoms. The zero-order chi connectivity index (χ0) is 13.8. The number of hydrogen-bond donors (Lipinski definition) is 1. The molecule has 2 aromatic rings. The highest BCUT2D eigenvalue weighted by Crippen LogP contribution is 2.24. The van der Waals surface area contributed by atoms with E-state index < -0.39 is 0 Å². The summed E-state index contributed by atoms with van der Waals surface area (Å²) in [7, 11) is 0. The summed E-state index contributed by atoms with van der Waals surface area (Å²) < 4.78 is 1.01. The monoisotopic (exact) mass is 332 g/mol. The van der Waals surface area contributed by atoms with Crippen LogP contribution in [0.3, 0.4) is 0 Å². The fraction of sp³-hybridized carbons (Fsp3) is 0.333. The van der Waals surface area contributed by atoms with Crippen molar-refractivity contribution >= 4 is 27.4 Å². The molecule has 2 aromatic heterocycles. The maximum absolute atomic E-state index is 4.38. The van der Waals surface area contributed by atoms with Gasteiger partial charge in [-0.15, -0.1) is 0 Å². The van der Waals surface area contributed by atoms with E-state index in [1.165, 1.54) is 18.5 Å². The Kier molecular flexibility index (Phi) is 4.16. The second-order valence-electron chi connectivity index (χ2n) is 4.97. The summed E-state index contributed by atoms with van der Waals surface area (Å²) in [6, 6.07) is 8.46. The summed E-state index contributed by atoms with van der Waals surface area (Å²) in [4.78, 5) is 11.0. The van der Waals surface area contributed by atoms with Crippen LogP contribution in [0.25, 0.3) is 0 Å². The minimum atomic E-state index is 0.412. The fourth-order valence-corrected chi connectivity index (χ4v) is 2.92. The molecule has 1 aliphatic rings. The zero-order valence-electron chi connectivity index (χ0n) is 11.2. The van der Waals surface area contributed by atoms with Crippen molar-refractivity contribution in [1.29, 1.82) is 0 Å². The number of pyridine rings is 2. The molecule has 1 fully saturated rings. The van der Waals surface area contributed by atoms with Gasteiger partial charge < -0.3 is 10.2 Å². The maximum atomic E-state index is 4.38. The Morgan fingerprint density at radius 1 is 1.25 bits per heavy atom. The van der Waals surface area contributed by atoms with Gasteiger partial charge >= 0.3 is 0 Å². The van der Waals surface area contributed by atoms with Gasteiger partial charge in [0.05, 0.1) is 16.4 Å². The molecule has 1 atom stereocenters. The number of nitrogens with one attached hydrogen (secondary N) is 1. The van der Waals surface area contributed by atoms with Crippen LogP contribution in [0.2, 0.25) is 0 Å². The molecule has 0 aromatic carbocycles. The first-order valence-electron chi connectivity index (χ1n) is 6.85. The molecule has 0 aliphatic carbocycles. The normalized spacial score (nSPS) is 18.9. The van der Waals surface area contributed by atoms with Gasteiger partial charge in [-0.3, -0.25) is 4.98 Å². The van der Waals surface area contributed by atoms with Gasteiger partial charge in [0.25, 0.3) is 0 Å². The Balaban J connectivity index is 1.68. The van der Waals surface area contributed by atoms with Gasteiger partial charge in [0.1, 0.15) is 5.82 Å². The lowest BCUT2D eigenvalue weighted by Gasteiger charge is -2.34. The third-order valence-electron chi connectivity index (χ3n) is 3.53. The van der Waals surface area contributed by atoms with Crippen LogP contribution in [0.4, 0.5) is 11.5 Å². The Bertz CT molecular complexity index is 561. The predicted octanol–water partition coefficient (Wildman–Crippen LogP) is 3.32. The van der Waals surface area contributed by atoms with Crippen LogP contribution in [0.5, 0.6) is 0 Å². The standard InChI is InChI=1S/C15H17BrN4/c16-14-6-2-8-18-15(14)19-12-4-3-9-20(11-12)13-5-1-7-17-10-13/h1-2,5-8,10,12H,3-4,9,11H2,(H,18,19). The van der Waals surface area contributed by atoms with Crippen molar-refractivity contribution in [2.45, 2.75) is 18.9 Å². The maximum Gasteiger partial charge on any atom is 0.140 e. The van der Waals surface area contributed by atoms with Gasteiger partial charge in [0.15, 0.2) is 0 Å². The van der Waals surface area contributed by atoms with Crippen LogP contribution >= 0.6 is 15.9 Å². The number of anilines is 2. The van der Waals surface area contributed by atoms with E-state index in [0.717, 1.165) is 23.4 Å². The van der Waals surface area contributed by atoms with E-state index >= 15 is 0 Å². The van der Waals surface area contributed by atoms with Crippen molar-refractivity contribution in [3.8, 4) is 0 Å². The second-order valence-corrected chi connectivity index (χ2v) is 5.83. The smallest absolute Gasteiger partial charge is 0.140 e. The molecule has 104 valence electrons. The zero-order valence-corrected chi connectivity index (χ0v) is 12.8. The molecule has 1 N–H and O–H groups in total. The van der Waals surface area contributed by atoms with Crippen LogP contribution in [-0.4, -0.2) is 29.1 Å². The summed E-state index contributed by atoms with van der Waals surface area (Å²) >= 11 is 3.53. The van der Waals surface area contributed by atoms with Crippen LogP contribution in [-0.2, 0) is 0 Å². The van der Waals surface area contributed by atoms with Gasteiger partial charge in [0, 0.05) is 31.5 Å². The van der Waals surface area contributed by atoms with Gasteiger partial charge in [0.2, 0.25) is 0 Å². The van der Waals surface area contributed by atoms with Crippen molar-refractivity contribution in [1.82, 2.24) is 9.97 Å². The van der Waals surface area contributed by atoms with E-state index in [9.17, 15) is 0 Å². The molecular weight excluding hydrogens is 316 g/mol. The van der Waals surface area contributed by atoms with Gasteiger partial charge in [-0.25, -0.2) is 4.98 Å². The molecule has 0 amide bonds. The molecule has 0 saturated carbocycles. The summed E-state index contributed by atoms with van der Waals surface area (Å²) in [5.74, 6) is 0.922. The van der Waals surface area contributed by atoms with E-state index in [2.05, 4.69) is 42.2 Å². The molecular formula is C15H17BrN4. The summed E-state index contributed by atoms with van der Waals surface area (Å²) in [6.07, 6.45) is 7.90. The van der Waals surface area contributed by atoms with E-state index in [1.54, 1.807) is 0 Å². The molecule has 4 nitrogen and oxygen atoms in total. The van der Waals surface area contributed by atoms with Gasteiger partial charge in [-0.2, -0.15) is 0 Å². The number of rotatable bonds is 3. The van der Waals surface area contributed by atoms with Crippen molar-refractivity contribution in [3.63, 3.8) is 0 Å². The van der Waals surface area contributed by atoms with E-state index in [1.807, 2.05) is 36.8 Å². The minimum Gasteiger partial charge on any atom is -0.368 e. The molecule has 0 radical (unpaired) electrons. The number of nitrogens with zero attached hydrogens (tertiary/aromatic N) is 3. The first kappa shape index (κ1) is 13.4. The quantitative estimate of drug-likeness (QED) is 0.936. The Morgan fingerprint density at radius 2 is 2.15 bits per heavy atom. The third-order valence-corrected chi connectivity index (χ3v) is 4.17. The van der Waals surface area contributed by atoms with Crippen molar-refractivity contribution in [3.05, 3.63) is 47.3 Å². The lowest BCUT2D eigenvalue weighted by molar-refractivity contribution is 0.528.